The number of alkyl halides is 3. The third kappa shape index (κ3) is 3.67. The van der Waals surface area contributed by atoms with Crippen molar-refractivity contribution >= 4 is 21.6 Å². The van der Waals surface area contributed by atoms with E-state index in [1.807, 2.05) is 4.90 Å². The van der Waals surface area contributed by atoms with Crippen LogP contribution >= 0.6 is 15.9 Å². The summed E-state index contributed by atoms with van der Waals surface area (Å²) in [5, 5.41) is 3.40. The normalized spacial score (nSPS) is 20.2. The number of rotatable bonds is 3. The highest BCUT2D eigenvalue weighted by molar-refractivity contribution is 9.10. The van der Waals surface area contributed by atoms with Gasteiger partial charge in [0.2, 0.25) is 0 Å². The molecule has 1 aromatic carbocycles. The maximum absolute atomic E-state index is 12.8. The Labute approximate surface area is 125 Å². The number of hydrogen-bond donors (Lipinski definition) is 1. The Kier molecular flexibility index (Phi) is 4.96. The van der Waals surface area contributed by atoms with Gasteiger partial charge in [0, 0.05) is 30.1 Å². The first-order valence-electron chi connectivity index (χ1n) is 6.77. The van der Waals surface area contributed by atoms with Crippen LogP contribution in [0.1, 0.15) is 25.3 Å². The molecule has 0 radical (unpaired) electrons. The fraction of sp³-hybridized carbons (Fsp3) is 0.571. The lowest BCUT2D eigenvalue weighted by Gasteiger charge is -2.36. The summed E-state index contributed by atoms with van der Waals surface area (Å²) < 4.78 is 39.2. The van der Waals surface area contributed by atoms with Gasteiger partial charge in [-0.2, -0.15) is 13.2 Å². The summed E-state index contributed by atoms with van der Waals surface area (Å²) >= 11 is 3.36. The van der Waals surface area contributed by atoms with Crippen LogP contribution in [0.4, 0.5) is 18.9 Å². The Morgan fingerprint density at radius 2 is 2.15 bits per heavy atom. The van der Waals surface area contributed by atoms with Crippen molar-refractivity contribution in [1.29, 1.82) is 0 Å². The molecule has 0 saturated carbocycles. The number of piperazine rings is 1. The minimum absolute atomic E-state index is 0.343. The fourth-order valence-corrected chi connectivity index (χ4v) is 3.01. The maximum Gasteiger partial charge on any atom is 0.416 e. The van der Waals surface area contributed by atoms with Crippen molar-refractivity contribution in [3.05, 3.63) is 28.2 Å². The molecule has 1 heterocycles. The monoisotopic (exact) mass is 350 g/mol. The van der Waals surface area contributed by atoms with Crippen molar-refractivity contribution in [1.82, 2.24) is 5.32 Å². The molecule has 0 amide bonds. The van der Waals surface area contributed by atoms with Gasteiger partial charge in [0.15, 0.2) is 0 Å². The molecule has 2 nitrogen and oxygen atoms in total. The number of anilines is 1. The van der Waals surface area contributed by atoms with Crippen molar-refractivity contribution in [2.45, 2.75) is 32.0 Å². The number of nitrogens with zero attached hydrogens (tertiary/aromatic N) is 1. The zero-order valence-electron chi connectivity index (χ0n) is 11.3. The Bertz CT molecular complexity index is 460. The molecule has 1 unspecified atom stereocenters. The zero-order valence-corrected chi connectivity index (χ0v) is 12.9. The van der Waals surface area contributed by atoms with Crippen molar-refractivity contribution in [3.63, 3.8) is 0 Å². The molecule has 0 aromatic heterocycles. The van der Waals surface area contributed by atoms with Gasteiger partial charge in [0.25, 0.3) is 0 Å². The molecule has 1 aliphatic heterocycles. The molecule has 112 valence electrons. The van der Waals surface area contributed by atoms with E-state index in [4.69, 9.17) is 0 Å². The van der Waals surface area contributed by atoms with Crippen LogP contribution < -0.4 is 10.2 Å². The van der Waals surface area contributed by atoms with E-state index in [0.717, 1.165) is 38.5 Å². The fourth-order valence-electron chi connectivity index (χ4n) is 2.52. The predicted octanol–water partition coefficient (Wildman–Crippen LogP) is 4.05. The lowest BCUT2D eigenvalue weighted by atomic mass is 10.1. The molecular formula is C14H18BrF3N2. The molecule has 1 aromatic rings. The van der Waals surface area contributed by atoms with E-state index >= 15 is 0 Å². The molecule has 1 aliphatic rings. The minimum atomic E-state index is -4.30. The van der Waals surface area contributed by atoms with Crippen LogP contribution in [0, 0.1) is 0 Å². The highest BCUT2D eigenvalue weighted by Gasteiger charge is 2.32. The average Bonchev–Trinajstić information content (AvgIpc) is 2.38. The second-order valence-electron chi connectivity index (χ2n) is 5.05. The van der Waals surface area contributed by atoms with Crippen LogP contribution in [0.2, 0.25) is 0 Å². The Morgan fingerprint density at radius 3 is 2.80 bits per heavy atom. The topological polar surface area (TPSA) is 15.3 Å². The first kappa shape index (κ1) is 15.6. The van der Waals surface area contributed by atoms with E-state index in [2.05, 4.69) is 28.2 Å². The van der Waals surface area contributed by atoms with E-state index in [-0.39, 0.29) is 0 Å². The quantitative estimate of drug-likeness (QED) is 0.884. The van der Waals surface area contributed by atoms with Gasteiger partial charge in [0.1, 0.15) is 0 Å². The predicted molar refractivity (Wildman–Crippen MR) is 78.1 cm³/mol. The summed E-state index contributed by atoms with van der Waals surface area (Å²) in [6.45, 7) is 4.38. The highest BCUT2D eigenvalue weighted by Crippen LogP contribution is 2.35. The number of benzene rings is 1. The summed E-state index contributed by atoms with van der Waals surface area (Å²) in [7, 11) is 0. The molecule has 0 aliphatic carbocycles. The van der Waals surface area contributed by atoms with Gasteiger partial charge in [-0.1, -0.05) is 13.3 Å². The van der Waals surface area contributed by atoms with Crippen molar-refractivity contribution in [3.8, 4) is 0 Å². The van der Waals surface area contributed by atoms with Crippen LogP contribution in [-0.2, 0) is 6.18 Å². The average molecular weight is 351 g/mol. The highest BCUT2D eigenvalue weighted by atomic mass is 79.9. The van der Waals surface area contributed by atoms with E-state index in [0.29, 0.717) is 16.2 Å². The van der Waals surface area contributed by atoms with Crippen LogP contribution in [0.3, 0.4) is 0 Å². The molecular weight excluding hydrogens is 333 g/mol. The van der Waals surface area contributed by atoms with Gasteiger partial charge in [0.05, 0.1) is 11.3 Å². The lowest BCUT2D eigenvalue weighted by molar-refractivity contribution is -0.137. The van der Waals surface area contributed by atoms with Gasteiger partial charge in [-0.05, 0) is 40.5 Å². The van der Waals surface area contributed by atoms with Crippen molar-refractivity contribution < 1.29 is 13.2 Å². The van der Waals surface area contributed by atoms with Crippen LogP contribution in [0.25, 0.3) is 0 Å². The molecule has 20 heavy (non-hydrogen) atoms. The molecule has 1 saturated heterocycles. The molecule has 1 fully saturated rings. The maximum atomic E-state index is 12.8. The Hall–Kier alpha value is -0.750. The third-order valence-electron chi connectivity index (χ3n) is 3.51. The second-order valence-corrected chi connectivity index (χ2v) is 5.90. The summed E-state index contributed by atoms with van der Waals surface area (Å²) in [5.41, 5.74) is 0.0312. The SMILES string of the molecule is CCCC1CN(c2cc(C(F)(F)F)ccc2Br)CCN1. The number of nitrogens with one attached hydrogen (secondary N) is 1. The molecule has 1 N–H and O–H groups in total. The van der Waals surface area contributed by atoms with Crippen molar-refractivity contribution in [2.24, 2.45) is 0 Å². The van der Waals surface area contributed by atoms with E-state index in [9.17, 15) is 13.2 Å². The molecule has 0 spiro atoms. The second kappa shape index (κ2) is 6.35. The minimum Gasteiger partial charge on any atom is -0.368 e. The van der Waals surface area contributed by atoms with Crippen LogP contribution in [0.15, 0.2) is 22.7 Å². The Balaban J connectivity index is 2.22. The Morgan fingerprint density at radius 1 is 1.40 bits per heavy atom. The van der Waals surface area contributed by atoms with Gasteiger partial charge < -0.3 is 10.2 Å². The zero-order chi connectivity index (χ0) is 14.8. The van der Waals surface area contributed by atoms with E-state index in [1.54, 1.807) is 0 Å². The lowest BCUT2D eigenvalue weighted by Crippen LogP contribution is -2.50. The summed E-state index contributed by atoms with van der Waals surface area (Å²) in [6, 6.07) is 4.17. The summed E-state index contributed by atoms with van der Waals surface area (Å²) in [4.78, 5) is 2.02. The summed E-state index contributed by atoms with van der Waals surface area (Å²) in [6.07, 6.45) is -2.20. The molecule has 2 rings (SSSR count). The largest absolute Gasteiger partial charge is 0.416 e. The van der Waals surface area contributed by atoms with Crippen LogP contribution in [0.5, 0.6) is 0 Å². The molecule has 6 heteroatoms. The number of halogens is 4. The molecule has 1 atom stereocenters. The first-order valence-corrected chi connectivity index (χ1v) is 7.56. The van der Waals surface area contributed by atoms with Crippen molar-refractivity contribution in [2.75, 3.05) is 24.5 Å². The smallest absolute Gasteiger partial charge is 0.368 e. The summed E-state index contributed by atoms with van der Waals surface area (Å²) in [5.74, 6) is 0. The van der Waals surface area contributed by atoms with Gasteiger partial charge >= 0.3 is 6.18 Å². The van der Waals surface area contributed by atoms with Gasteiger partial charge in [-0.25, -0.2) is 0 Å². The van der Waals surface area contributed by atoms with Gasteiger partial charge in [-0.15, -0.1) is 0 Å². The number of hydrogen-bond acceptors (Lipinski definition) is 2. The van der Waals surface area contributed by atoms with E-state index < -0.39 is 11.7 Å². The standard InChI is InChI=1S/C14H18BrF3N2/c1-2-3-11-9-20(7-6-19-11)13-8-10(14(16,17)18)4-5-12(13)15/h4-5,8,11,19H,2-3,6-7,9H2,1H3. The first-order chi connectivity index (χ1) is 9.41. The molecule has 0 bridgehead atoms. The van der Waals surface area contributed by atoms with Crippen LogP contribution in [-0.4, -0.2) is 25.7 Å². The van der Waals surface area contributed by atoms with Gasteiger partial charge in [-0.3, -0.25) is 0 Å². The third-order valence-corrected chi connectivity index (χ3v) is 4.18. The van der Waals surface area contributed by atoms with E-state index in [1.165, 1.54) is 12.1 Å².